The van der Waals surface area contributed by atoms with E-state index in [4.69, 9.17) is 11.6 Å². The van der Waals surface area contributed by atoms with Gasteiger partial charge in [0.1, 0.15) is 0 Å². The topological polar surface area (TPSA) is 34.4 Å². The van der Waals surface area contributed by atoms with Gasteiger partial charge in [-0.05, 0) is 42.5 Å². The number of thioether (sulfide) groups is 1. The highest BCUT2D eigenvalue weighted by Crippen LogP contribution is 2.21. The monoisotopic (exact) mass is 390 g/mol. The Balaban J connectivity index is 2.13. The molecule has 1 amide bonds. The van der Waals surface area contributed by atoms with Gasteiger partial charge in [0.15, 0.2) is 4.80 Å². The van der Waals surface area contributed by atoms with Gasteiger partial charge in [0.25, 0.3) is 5.91 Å². The fourth-order valence-corrected chi connectivity index (χ4v) is 4.30. The van der Waals surface area contributed by atoms with Crippen LogP contribution in [-0.4, -0.2) is 22.5 Å². The molecule has 1 heterocycles. The number of rotatable bonds is 5. The number of hydrogen-bond donors (Lipinski definition) is 0. The summed E-state index contributed by atoms with van der Waals surface area (Å²) >= 11 is 9.47. The van der Waals surface area contributed by atoms with Gasteiger partial charge in [-0.3, -0.25) is 4.79 Å². The number of aryl methyl sites for hydroxylation is 2. The number of aromatic nitrogens is 1. The molecular formula is C19H19ClN2OS2. The molecule has 0 saturated carbocycles. The predicted molar refractivity (Wildman–Crippen MR) is 109 cm³/mol. The van der Waals surface area contributed by atoms with Gasteiger partial charge in [-0.25, -0.2) is 0 Å². The second-order valence-electron chi connectivity index (χ2n) is 5.58. The van der Waals surface area contributed by atoms with Gasteiger partial charge >= 0.3 is 0 Å². The van der Waals surface area contributed by atoms with Crippen LogP contribution < -0.4 is 4.80 Å². The van der Waals surface area contributed by atoms with Crippen LogP contribution in [0.15, 0.2) is 47.5 Å². The Hall–Kier alpha value is -1.56. The zero-order valence-corrected chi connectivity index (χ0v) is 16.5. The summed E-state index contributed by atoms with van der Waals surface area (Å²) in [6.45, 7) is 2.96. The Morgan fingerprint density at radius 1 is 1.28 bits per heavy atom. The summed E-state index contributed by atoms with van der Waals surface area (Å²) in [4.78, 5) is 17.7. The van der Waals surface area contributed by atoms with Crippen molar-refractivity contribution in [3.63, 3.8) is 0 Å². The maximum absolute atomic E-state index is 12.6. The molecule has 6 heteroatoms. The number of fused-ring (bicyclic) bond motifs is 1. The first-order valence-corrected chi connectivity index (χ1v) is 10.7. The first-order chi connectivity index (χ1) is 12.1. The van der Waals surface area contributed by atoms with E-state index in [1.807, 2.05) is 6.07 Å². The van der Waals surface area contributed by atoms with Crippen molar-refractivity contribution >= 4 is 50.8 Å². The lowest BCUT2D eigenvalue weighted by molar-refractivity contribution is 0.0998. The number of benzene rings is 2. The fourth-order valence-electron chi connectivity index (χ4n) is 2.60. The van der Waals surface area contributed by atoms with Crippen LogP contribution >= 0.6 is 34.7 Å². The third kappa shape index (κ3) is 4.00. The van der Waals surface area contributed by atoms with Crippen LogP contribution in [-0.2, 0) is 13.0 Å². The van der Waals surface area contributed by atoms with Crippen molar-refractivity contribution in [1.82, 2.24) is 4.57 Å². The lowest BCUT2D eigenvalue weighted by atomic mass is 10.2. The van der Waals surface area contributed by atoms with Crippen LogP contribution in [0, 0.1) is 0 Å². The minimum absolute atomic E-state index is 0.300. The standard InChI is InChI=1S/C19H19ClN2OS2/c1-3-13-8-9-16-17(12-13)25-19(22(16)10-11-24-2)21-18(23)14-6-4-5-7-15(14)20/h4-9,12H,3,10-11H2,1-2H3. The number of amides is 1. The van der Waals surface area contributed by atoms with Crippen LogP contribution in [0.25, 0.3) is 10.2 Å². The van der Waals surface area contributed by atoms with E-state index < -0.39 is 0 Å². The van der Waals surface area contributed by atoms with E-state index in [9.17, 15) is 4.79 Å². The second kappa shape index (κ2) is 8.21. The molecule has 0 bridgehead atoms. The molecule has 0 fully saturated rings. The molecule has 0 unspecified atom stereocenters. The van der Waals surface area contributed by atoms with Crippen molar-refractivity contribution in [1.29, 1.82) is 0 Å². The number of thiazole rings is 1. The highest BCUT2D eigenvalue weighted by atomic mass is 35.5. The summed E-state index contributed by atoms with van der Waals surface area (Å²) in [5.74, 6) is 0.667. The maximum Gasteiger partial charge on any atom is 0.281 e. The molecule has 3 aromatic rings. The largest absolute Gasteiger partial charge is 0.316 e. The highest BCUT2D eigenvalue weighted by molar-refractivity contribution is 7.98. The van der Waals surface area contributed by atoms with E-state index in [0.717, 1.165) is 33.7 Å². The van der Waals surface area contributed by atoms with E-state index in [2.05, 4.69) is 40.9 Å². The normalized spacial score (nSPS) is 12.0. The molecular weight excluding hydrogens is 372 g/mol. The maximum atomic E-state index is 12.6. The van der Waals surface area contributed by atoms with Crippen molar-refractivity contribution in [2.45, 2.75) is 19.9 Å². The van der Waals surface area contributed by atoms with E-state index in [0.29, 0.717) is 10.6 Å². The number of carbonyl (C=O) groups excluding carboxylic acids is 1. The van der Waals surface area contributed by atoms with Crippen LogP contribution in [0.2, 0.25) is 5.02 Å². The molecule has 0 spiro atoms. The van der Waals surface area contributed by atoms with Gasteiger partial charge in [0, 0.05) is 12.3 Å². The van der Waals surface area contributed by atoms with Crippen molar-refractivity contribution in [2.24, 2.45) is 4.99 Å². The highest BCUT2D eigenvalue weighted by Gasteiger charge is 2.11. The Kier molecular flexibility index (Phi) is 5.99. The van der Waals surface area contributed by atoms with Gasteiger partial charge in [0.2, 0.25) is 0 Å². The van der Waals surface area contributed by atoms with Crippen LogP contribution in [0.5, 0.6) is 0 Å². The molecule has 1 aromatic heterocycles. The molecule has 3 nitrogen and oxygen atoms in total. The van der Waals surface area contributed by atoms with E-state index in [-0.39, 0.29) is 5.91 Å². The predicted octanol–water partition coefficient (Wildman–Crippen LogP) is 5.02. The lowest BCUT2D eigenvalue weighted by Crippen LogP contribution is -2.18. The Morgan fingerprint density at radius 2 is 2.08 bits per heavy atom. The average molecular weight is 391 g/mol. The van der Waals surface area contributed by atoms with Gasteiger partial charge in [0.05, 0.1) is 20.8 Å². The summed E-state index contributed by atoms with van der Waals surface area (Å²) in [5.41, 5.74) is 2.85. The molecule has 0 aliphatic carbocycles. The van der Waals surface area contributed by atoms with Gasteiger partial charge in [-0.15, -0.1) is 0 Å². The van der Waals surface area contributed by atoms with Crippen molar-refractivity contribution in [3.8, 4) is 0 Å². The number of halogens is 1. The summed E-state index contributed by atoms with van der Waals surface area (Å²) in [5, 5.41) is 0.432. The summed E-state index contributed by atoms with van der Waals surface area (Å²) in [7, 11) is 0. The molecule has 130 valence electrons. The summed E-state index contributed by atoms with van der Waals surface area (Å²) in [6.07, 6.45) is 3.07. The first kappa shape index (κ1) is 18.2. The minimum Gasteiger partial charge on any atom is -0.316 e. The molecule has 0 aliphatic heterocycles. The Bertz CT molecular complexity index is 975. The molecule has 0 N–H and O–H groups in total. The molecule has 0 aliphatic rings. The molecule has 0 atom stereocenters. The molecule has 0 saturated heterocycles. The first-order valence-electron chi connectivity index (χ1n) is 8.08. The van der Waals surface area contributed by atoms with Crippen molar-refractivity contribution in [2.75, 3.05) is 12.0 Å². The smallest absolute Gasteiger partial charge is 0.281 e. The SMILES string of the molecule is CCc1ccc2c(c1)sc(=NC(=O)c1ccccc1Cl)n2CCSC. The van der Waals surface area contributed by atoms with Crippen molar-refractivity contribution < 1.29 is 4.79 Å². The molecule has 2 aromatic carbocycles. The Labute approximate surface area is 160 Å². The van der Waals surface area contributed by atoms with E-state index in [1.165, 1.54) is 5.56 Å². The Morgan fingerprint density at radius 3 is 2.80 bits per heavy atom. The third-order valence-electron chi connectivity index (χ3n) is 3.98. The van der Waals surface area contributed by atoms with Crippen molar-refractivity contribution in [3.05, 3.63) is 63.4 Å². The second-order valence-corrected chi connectivity index (χ2v) is 7.98. The van der Waals surface area contributed by atoms with E-state index in [1.54, 1.807) is 41.3 Å². The number of carbonyl (C=O) groups is 1. The van der Waals surface area contributed by atoms with Gasteiger partial charge < -0.3 is 4.57 Å². The van der Waals surface area contributed by atoms with Gasteiger partial charge in [-0.1, -0.05) is 48.1 Å². The van der Waals surface area contributed by atoms with Gasteiger partial charge in [-0.2, -0.15) is 16.8 Å². The minimum atomic E-state index is -0.300. The number of nitrogens with zero attached hydrogens (tertiary/aromatic N) is 2. The number of hydrogen-bond acceptors (Lipinski definition) is 3. The lowest BCUT2D eigenvalue weighted by Gasteiger charge is -2.04. The third-order valence-corrected chi connectivity index (χ3v) is 5.94. The molecule has 25 heavy (non-hydrogen) atoms. The summed E-state index contributed by atoms with van der Waals surface area (Å²) < 4.78 is 3.29. The molecule has 3 rings (SSSR count). The zero-order valence-electron chi connectivity index (χ0n) is 14.2. The van der Waals surface area contributed by atoms with E-state index >= 15 is 0 Å². The van der Waals surface area contributed by atoms with Crippen LogP contribution in [0.1, 0.15) is 22.8 Å². The zero-order chi connectivity index (χ0) is 17.8. The van der Waals surface area contributed by atoms with Crippen LogP contribution in [0.4, 0.5) is 0 Å². The summed E-state index contributed by atoms with van der Waals surface area (Å²) in [6, 6.07) is 13.5. The van der Waals surface area contributed by atoms with Crippen LogP contribution in [0.3, 0.4) is 0 Å². The average Bonchev–Trinajstić information content (AvgIpc) is 2.96. The fraction of sp³-hybridized carbons (Fsp3) is 0.263. The quantitative estimate of drug-likeness (QED) is 0.612. The molecule has 0 radical (unpaired) electrons.